The molecule has 0 radical (unpaired) electrons. The van der Waals surface area contributed by atoms with Gasteiger partial charge in [-0.3, -0.25) is 4.79 Å². The number of likely N-dealkylation sites (N-methyl/N-ethyl adjacent to an activating group) is 1. The summed E-state index contributed by atoms with van der Waals surface area (Å²) in [6.07, 6.45) is -1.91. The second kappa shape index (κ2) is 4.61. The number of hydrogen-bond donors (Lipinski definition) is 1. The lowest BCUT2D eigenvalue weighted by Gasteiger charge is -2.36. The van der Waals surface area contributed by atoms with Crippen molar-refractivity contribution < 1.29 is 18.0 Å². The molecular weight excluding hydrogens is 221 g/mol. The van der Waals surface area contributed by atoms with E-state index in [0.29, 0.717) is 13.0 Å². The summed E-state index contributed by atoms with van der Waals surface area (Å²) in [4.78, 5) is 12.6. The van der Waals surface area contributed by atoms with Gasteiger partial charge in [0, 0.05) is 7.05 Å². The number of nitrogens with zero attached hydrogens (tertiary/aromatic N) is 1. The summed E-state index contributed by atoms with van der Waals surface area (Å²) in [7, 11) is 1.19. The molecule has 0 aromatic heterocycles. The van der Waals surface area contributed by atoms with Crippen LogP contribution < -0.4 is 5.32 Å². The first-order valence-electron chi connectivity index (χ1n) is 5.32. The van der Waals surface area contributed by atoms with Crippen LogP contribution in [0.25, 0.3) is 0 Å². The van der Waals surface area contributed by atoms with Crippen LogP contribution in [0.15, 0.2) is 0 Å². The summed E-state index contributed by atoms with van der Waals surface area (Å²) in [6.45, 7) is 1.16. The van der Waals surface area contributed by atoms with Crippen LogP contribution in [-0.2, 0) is 4.79 Å². The number of amides is 1. The summed E-state index contributed by atoms with van der Waals surface area (Å²) in [5, 5.41) is 3.00. The summed E-state index contributed by atoms with van der Waals surface area (Å²) < 4.78 is 36.4. The molecule has 0 aliphatic carbocycles. The van der Waals surface area contributed by atoms with Crippen molar-refractivity contribution in [2.45, 2.75) is 37.9 Å². The van der Waals surface area contributed by atoms with Crippen molar-refractivity contribution in [2.75, 3.05) is 20.1 Å². The fraction of sp³-hybridized carbons (Fsp3) is 0.900. The Morgan fingerprint density at radius 2 is 2.06 bits per heavy atom. The molecular formula is C10H17F3N2O. The predicted molar refractivity (Wildman–Crippen MR) is 54.0 cm³/mol. The molecule has 1 amide bonds. The van der Waals surface area contributed by atoms with Crippen molar-refractivity contribution in [2.24, 2.45) is 0 Å². The van der Waals surface area contributed by atoms with E-state index in [1.165, 1.54) is 7.05 Å². The molecule has 0 aromatic carbocycles. The van der Waals surface area contributed by atoms with Gasteiger partial charge in [-0.2, -0.15) is 13.2 Å². The molecule has 0 bridgehead atoms. The molecule has 1 unspecified atom stereocenters. The number of rotatable bonds is 2. The molecule has 0 saturated carbocycles. The maximum atomic E-state index is 12.1. The van der Waals surface area contributed by atoms with E-state index in [1.807, 2.05) is 0 Å². The fourth-order valence-electron chi connectivity index (χ4n) is 2.00. The molecule has 6 heteroatoms. The molecule has 1 aliphatic heterocycles. The Hall–Kier alpha value is -0.780. The maximum absolute atomic E-state index is 12.1. The Morgan fingerprint density at radius 1 is 1.44 bits per heavy atom. The second-order valence-electron chi connectivity index (χ2n) is 4.49. The molecule has 1 atom stereocenters. The zero-order chi connectivity index (χ0) is 12.4. The van der Waals surface area contributed by atoms with Crippen LogP contribution in [0.5, 0.6) is 0 Å². The van der Waals surface area contributed by atoms with E-state index in [9.17, 15) is 18.0 Å². The van der Waals surface area contributed by atoms with Crippen LogP contribution in [0.4, 0.5) is 13.2 Å². The number of carbonyl (C=O) groups excluding carboxylic acids is 1. The largest absolute Gasteiger partial charge is 0.406 e. The number of piperidine rings is 1. The van der Waals surface area contributed by atoms with E-state index in [-0.39, 0.29) is 0 Å². The third kappa shape index (κ3) is 3.37. The van der Waals surface area contributed by atoms with Crippen LogP contribution in [-0.4, -0.2) is 42.7 Å². The highest BCUT2D eigenvalue weighted by molar-refractivity contribution is 5.85. The van der Waals surface area contributed by atoms with Crippen LogP contribution >= 0.6 is 0 Å². The average Bonchev–Trinajstić information content (AvgIpc) is 2.15. The van der Waals surface area contributed by atoms with Crippen molar-refractivity contribution in [1.29, 1.82) is 0 Å². The van der Waals surface area contributed by atoms with Gasteiger partial charge in [-0.05, 0) is 32.7 Å². The minimum atomic E-state index is -4.34. The van der Waals surface area contributed by atoms with Crippen molar-refractivity contribution in [3.63, 3.8) is 0 Å². The standard InChI is InChI=1S/C10H17F3N2O/c1-9(5-3-4-6-14-9)8(16)15(2)7-10(11,12)13/h14H,3-7H2,1-2H3. The Labute approximate surface area is 93.0 Å². The van der Waals surface area contributed by atoms with Crippen molar-refractivity contribution in [3.8, 4) is 0 Å². The smallest absolute Gasteiger partial charge is 0.335 e. The molecule has 1 aliphatic rings. The number of nitrogens with one attached hydrogen (secondary N) is 1. The normalized spacial score (nSPS) is 26.6. The van der Waals surface area contributed by atoms with E-state index >= 15 is 0 Å². The van der Waals surface area contributed by atoms with Crippen LogP contribution in [0, 0.1) is 0 Å². The van der Waals surface area contributed by atoms with E-state index < -0.39 is 24.2 Å². The highest BCUT2D eigenvalue weighted by atomic mass is 19.4. The first-order valence-corrected chi connectivity index (χ1v) is 5.32. The van der Waals surface area contributed by atoms with Gasteiger partial charge < -0.3 is 10.2 Å². The monoisotopic (exact) mass is 238 g/mol. The molecule has 1 fully saturated rings. The minimum Gasteiger partial charge on any atom is -0.335 e. The molecule has 1 rings (SSSR count). The Balaban J connectivity index is 2.62. The summed E-state index contributed by atoms with van der Waals surface area (Å²) in [5.74, 6) is -0.482. The van der Waals surface area contributed by atoms with Gasteiger partial charge >= 0.3 is 6.18 Å². The Bertz CT molecular complexity index is 259. The van der Waals surface area contributed by atoms with Crippen LogP contribution in [0.2, 0.25) is 0 Å². The highest BCUT2D eigenvalue weighted by Crippen LogP contribution is 2.23. The topological polar surface area (TPSA) is 32.3 Å². The molecule has 0 spiro atoms. The lowest BCUT2D eigenvalue weighted by molar-refractivity contribution is -0.162. The van der Waals surface area contributed by atoms with Gasteiger partial charge in [0.15, 0.2) is 0 Å². The number of hydrogen-bond acceptors (Lipinski definition) is 2. The molecule has 1 heterocycles. The van der Waals surface area contributed by atoms with Crippen molar-refractivity contribution in [1.82, 2.24) is 10.2 Å². The van der Waals surface area contributed by atoms with Gasteiger partial charge in [0.25, 0.3) is 0 Å². The lowest BCUT2D eigenvalue weighted by atomic mass is 9.89. The first-order chi connectivity index (χ1) is 7.25. The molecule has 16 heavy (non-hydrogen) atoms. The second-order valence-corrected chi connectivity index (χ2v) is 4.49. The Morgan fingerprint density at radius 3 is 2.50 bits per heavy atom. The SMILES string of the molecule is CN(CC(F)(F)F)C(=O)C1(C)CCCCN1. The van der Waals surface area contributed by atoms with Crippen LogP contribution in [0.3, 0.4) is 0 Å². The molecule has 94 valence electrons. The zero-order valence-corrected chi connectivity index (χ0v) is 9.52. The number of alkyl halides is 3. The van der Waals surface area contributed by atoms with E-state index in [4.69, 9.17) is 0 Å². The summed E-state index contributed by atoms with van der Waals surface area (Å²) in [6, 6.07) is 0. The predicted octanol–water partition coefficient (Wildman–Crippen LogP) is 1.54. The zero-order valence-electron chi connectivity index (χ0n) is 9.52. The lowest BCUT2D eigenvalue weighted by Crippen LogP contribution is -2.58. The van der Waals surface area contributed by atoms with Gasteiger partial charge in [-0.15, -0.1) is 0 Å². The van der Waals surface area contributed by atoms with Gasteiger partial charge in [-0.25, -0.2) is 0 Å². The van der Waals surface area contributed by atoms with Gasteiger partial charge in [-0.1, -0.05) is 0 Å². The van der Waals surface area contributed by atoms with Crippen LogP contribution in [0.1, 0.15) is 26.2 Å². The highest BCUT2D eigenvalue weighted by Gasteiger charge is 2.40. The van der Waals surface area contributed by atoms with Crippen molar-refractivity contribution >= 4 is 5.91 Å². The summed E-state index contributed by atoms with van der Waals surface area (Å²) >= 11 is 0. The number of halogens is 3. The third-order valence-corrected chi connectivity index (χ3v) is 2.85. The third-order valence-electron chi connectivity index (χ3n) is 2.85. The molecule has 1 saturated heterocycles. The van der Waals surface area contributed by atoms with E-state index in [0.717, 1.165) is 17.7 Å². The molecule has 1 N–H and O–H groups in total. The maximum Gasteiger partial charge on any atom is 0.406 e. The fourth-order valence-corrected chi connectivity index (χ4v) is 2.00. The minimum absolute atomic E-state index is 0.482. The quantitative estimate of drug-likeness (QED) is 0.791. The Kier molecular flexibility index (Phi) is 3.83. The average molecular weight is 238 g/mol. The molecule has 0 aromatic rings. The van der Waals surface area contributed by atoms with E-state index in [1.54, 1.807) is 6.92 Å². The van der Waals surface area contributed by atoms with E-state index in [2.05, 4.69) is 5.32 Å². The summed E-state index contributed by atoms with van der Waals surface area (Å²) in [5.41, 5.74) is -0.835. The number of carbonyl (C=O) groups is 1. The first kappa shape index (κ1) is 13.3. The van der Waals surface area contributed by atoms with Crippen molar-refractivity contribution in [3.05, 3.63) is 0 Å². The van der Waals surface area contributed by atoms with Gasteiger partial charge in [0.05, 0.1) is 5.54 Å². The van der Waals surface area contributed by atoms with Gasteiger partial charge in [0.2, 0.25) is 5.91 Å². The van der Waals surface area contributed by atoms with Gasteiger partial charge in [0.1, 0.15) is 6.54 Å². The molecule has 3 nitrogen and oxygen atoms in total.